The number of rotatable bonds is 2. The molecule has 1 amide bonds. The molecule has 0 spiro atoms. The Bertz CT molecular complexity index is 422. The number of hydrogen-bond donors (Lipinski definition) is 0. The maximum absolute atomic E-state index is 11.4. The van der Waals surface area contributed by atoms with E-state index in [1.165, 1.54) is 11.1 Å². The molecule has 18 heavy (non-hydrogen) atoms. The van der Waals surface area contributed by atoms with Gasteiger partial charge < -0.3 is 14.4 Å². The summed E-state index contributed by atoms with van der Waals surface area (Å²) in [5, 5.41) is 0. The molecule has 1 heterocycles. The molecule has 0 N–H and O–H groups in total. The van der Waals surface area contributed by atoms with Gasteiger partial charge in [0.1, 0.15) is 0 Å². The zero-order valence-electron chi connectivity index (χ0n) is 11.2. The number of ether oxygens (including phenoxy) is 2. The Morgan fingerprint density at radius 1 is 1.06 bits per heavy atom. The summed E-state index contributed by atoms with van der Waals surface area (Å²) in [6.07, 6.45) is 1.74. The summed E-state index contributed by atoms with van der Waals surface area (Å²) < 4.78 is 10.6. The van der Waals surface area contributed by atoms with Crippen molar-refractivity contribution in [1.82, 2.24) is 4.90 Å². The summed E-state index contributed by atoms with van der Waals surface area (Å²) in [7, 11) is 3.28. The van der Waals surface area contributed by atoms with Crippen molar-refractivity contribution in [1.29, 1.82) is 0 Å². The third-order valence-corrected chi connectivity index (χ3v) is 3.45. The molecule has 0 aliphatic carbocycles. The van der Waals surface area contributed by atoms with Crippen LogP contribution in [-0.4, -0.2) is 38.1 Å². The van der Waals surface area contributed by atoms with E-state index in [0.29, 0.717) is 0 Å². The van der Waals surface area contributed by atoms with Crippen molar-refractivity contribution in [3.63, 3.8) is 0 Å². The van der Waals surface area contributed by atoms with Crippen LogP contribution in [0.15, 0.2) is 12.1 Å². The van der Waals surface area contributed by atoms with Gasteiger partial charge in [0.15, 0.2) is 11.5 Å². The highest BCUT2D eigenvalue weighted by Crippen LogP contribution is 2.32. The SMILES string of the molecule is COc1cc2c(cc1OC)CCN(C(C)=O)CC2. The molecule has 0 fully saturated rings. The van der Waals surface area contributed by atoms with E-state index in [1.54, 1.807) is 21.1 Å². The lowest BCUT2D eigenvalue weighted by molar-refractivity contribution is -0.128. The van der Waals surface area contributed by atoms with Crippen LogP contribution in [-0.2, 0) is 17.6 Å². The molecular formula is C14H19NO3. The van der Waals surface area contributed by atoms with Gasteiger partial charge in [-0.05, 0) is 36.1 Å². The summed E-state index contributed by atoms with van der Waals surface area (Å²) in [4.78, 5) is 13.3. The molecule has 1 aliphatic rings. The van der Waals surface area contributed by atoms with Crippen LogP contribution >= 0.6 is 0 Å². The van der Waals surface area contributed by atoms with Gasteiger partial charge >= 0.3 is 0 Å². The lowest BCUT2D eigenvalue weighted by Gasteiger charge is -2.17. The second-order valence-electron chi connectivity index (χ2n) is 4.48. The van der Waals surface area contributed by atoms with E-state index in [9.17, 15) is 4.79 Å². The maximum atomic E-state index is 11.4. The van der Waals surface area contributed by atoms with Gasteiger partial charge in [-0.1, -0.05) is 0 Å². The number of benzene rings is 1. The Labute approximate surface area is 107 Å². The van der Waals surface area contributed by atoms with Gasteiger partial charge in [0.2, 0.25) is 5.91 Å². The van der Waals surface area contributed by atoms with Crippen LogP contribution in [0, 0.1) is 0 Å². The second kappa shape index (κ2) is 5.29. The van der Waals surface area contributed by atoms with Crippen molar-refractivity contribution in [3.8, 4) is 11.5 Å². The van der Waals surface area contributed by atoms with Crippen LogP contribution < -0.4 is 9.47 Å². The molecule has 1 aliphatic heterocycles. The first kappa shape index (κ1) is 12.7. The van der Waals surface area contributed by atoms with E-state index >= 15 is 0 Å². The second-order valence-corrected chi connectivity index (χ2v) is 4.48. The molecule has 1 aromatic rings. The number of fused-ring (bicyclic) bond motifs is 1. The molecule has 0 unspecified atom stereocenters. The van der Waals surface area contributed by atoms with Gasteiger partial charge in [-0.25, -0.2) is 0 Å². The van der Waals surface area contributed by atoms with E-state index in [-0.39, 0.29) is 5.91 Å². The van der Waals surface area contributed by atoms with Crippen molar-refractivity contribution >= 4 is 5.91 Å². The number of hydrogen-bond acceptors (Lipinski definition) is 3. The van der Waals surface area contributed by atoms with Gasteiger partial charge in [-0.15, -0.1) is 0 Å². The van der Waals surface area contributed by atoms with Crippen molar-refractivity contribution in [2.45, 2.75) is 19.8 Å². The number of nitrogens with zero attached hydrogens (tertiary/aromatic N) is 1. The standard InChI is InChI=1S/C14H19NO3/c1-10(16)15-6-4-11-8-13(17-2)14(18-3)9-12(11)5-7-15/h8-9H,4-7H2,1-3H3. The fourth-order valence-electron chi connectivity index (χ4n) is 2.37. The summed E-state index contributed by atoms with van der Waals surface area (Å²) in [6.45, 7) is 3.17. The molecular weight excluding hydrogens is 230 g/mol. The molecule has 0 aromatic heterocycles. The lowest BCUT2D eigenvalue weighted by Crippen LogP contribution is -2.30. The van der Waals surface area contributed by atoms with E-state index in [0.717, 1.165) is 37.4 Å². The fraction of sp³-hybridized carbons (Fsp3) is 0.500. The van der Waals surface area contributed by atoms with Crippen LogP contribution in [0.3, 0.4) is 0 Å². The quantitative estimate of drug-likeness (QED) is 0.800. The number of carbonyl (C=O) groups is 1. The van der Waals surface area contributed by atoms with Crippen LogP contribution in [0.4, 0.5) is 0 Å². The average Bonchev–Trinajstić information content (AvgIpc) is 2.58. The number of methoxy groups -OCH3 is 2. The van der Waals surface area contributed by atoms with Crippen LogP contribution in [0.5, 0.6) is 11.5 Å². The Morgan fingerprint density at radius 2 is 1.50 bits per heavy atom. The van der Waals surface area contributed by atoms with Crippen LogP contribution in [0.1, 0.15) is 18.1 Å². The van der Waals surface area contributed by atoms with Crippen molar-refractivity contribution in [3.05, 3.63) is 23.3 Å². The first-order valence-corrected chi connectivity index (χ1v) is 6.15. The average molecular weight is 249 g/mol. The summed E-state index contributed by atoms with van der Waals surface area (Å²) in [6, 6.07) is 4.05. The van der Waals surface area contributed by atoms with E-state index < -0.39 is 0 Å². The first-order valence-electron chi connectivity index (χ1n) is 6.15. The van der Waals surface area contributed by atoms with E-state index in [4.69, 9.17) is 9.47 Å². The molecule has 0 saturated carbocycles. The highest BCUT2D eigenvalue weighted by Gasteiger charge is 2.18. The van der Waals surface area contributed by atoms with E-state index in [2.05, 4.69) is 0 Å². The zero-order valence-corrected chi connectivity index (χ0v) is 11.2. The predicted molar refractivity (Wildman–Crippen MR) is 69.2 cm³/mol. The fourth-order valence-corrected chi connectivity index (χ4v) is 2.37. The summed E-state index contributed by atoms with van der Waals surface area (Å²) >= 11 is 0. The highest BCUT2D eigenvalue weighted by atomic mass is 16.5. The predicted octanol–water partition coefficient (Wildman–Crippen LogP) is 1.65. The minimum atomic E-state index is 0.140. The van der Waals surface area contributed by atoms with Gasteiger partial charge in [-0.2, -0.15) is 0 Å². The third kappa shape index (κ3) is 2.42. The van der Waals surface area contributed by atoms with Gasteiger partial charge in [-0.3, -0.25) is 4.79 Å². The van der Waals surface area contributed by atoms with Crippen LogP contribution in [0.25, 0.3) is 0 Å². The van der Waals surface area contributed by atoms with Gasteiger partial charge in [0, 0.05) is 20.0 Å². The smallest absolute Gasteiger partial charge is 0.219 e. The third-order valence-electron chi connectivity index (χ3n) is 3.45. The number of amides is 1. The molecule has 4 heteroatoms. The van der Waals surface area contributed by atoms with Gasteiger partial charge in [0.25, 0.3) is 0 Å². The highest BCUT2D eigenvalue weighted by molar-refractivity contribution is 5.73. The molecule has 1 aromatic carbocycles. The van der Waals surface area contributed by atoms with Gasteiger partial charge in [0.05, 0.1) is 14.2 Å². The Hall–Kier alpha value is -1.71. The Kier molecular flexibility index (Phi) is 3.75. The summed E-state index contributed by atoms with van der Waals surface area (Å²) in [5.41, 5.74) is 2.49. The zero-order chi connectivity index (χ0) is 13.1. The molecule has 0 saturated heterocycles. The van der Waals surface area contributed by atoms with Crippen molar-refractivity contribution in [2.75, 3.05) is 27.3 Å². The minimum Gasteiger partial charge on any atom is -0.493 e. The minimum absolute atomic E-state index is 0.140. The number of carbonyl (C=O) groups excluding carboxylic acids is 1. The largest absolute Gasteiger partial charge is 0.493 e. The molecule has 0 atom stereocenters. The lowest BCUT2D eigenvalue weighted by atomic mass is 10.0. The van der Waals surface area contributed by atoms with Crippen LogP contribution in [0.2, 0.25) is 0 Å². The Balaban J connectivity index is 2.30. The topological polar surface area (TPSA) is 38.8 Å². The Morgan fingerprint density at radius 3 is 1.83 bits per heavy atom. The van der Waals surface area contributed by atoms with Crippen molar-refractivity contribution < 1.29 is 14.3 Å². The maximum Gasteiger partial charge on any atom is 0.219 e. The normalized spacial score (nSPS) is 14.7. The molecule has 98 valence electrons. The monoisotopic (exact) mass is 249 g/mol. The van der Waals surface area contributed by atoms with E-state index in [1.807, 2.05) is 17.0 Å². The first-order chi connectivity index (χ1) is 8.65. The molecule has 2 rings (SSSR count). The summed E-state index contributed by atoms with van der Waals surface area (Å²) in [5.74, 6) is 1.65. The molecule has 0 bridgehead atoms. The molecule has 0 radical (unpaired) electrons. The molecule has 4 nitrogen and oxygen atoms in total. The van der Waals surface area contributed by atoms with Crippen molar-refractivity contribution in [2.24, 2.45) is 0 Å².